The summed E-state index contributed by atoms with van der Waals surface area (Å²) < 4.78 is 2.80. The number of imidazole rings is 1. The van der Waals surface area contributed by atoms with Crippen LogP contribution in [0, 0.1) is 0 Å². The second-order valence-electron chi connectivity index (χ2n) is 4.13. The molecular formula is C12H11BrN4O. The van der Waals surface area contributed by atoms with Crippen molar-refractivity contribution in [1.82, 2.24) is 19.4 Å². The Balaban J connectivity index is 1.80. The number of aromatic nitrogens is 3. The molecule has 2 aromatic rings. The highest BCUT2D eigenvalue weighted by Crippen LogP contribution is 2.14. The van der Waals surface area contributed by atoms with Gasteiger partial charge in [0, 0.05) is 31.7 Å². The summed E-state index contributed by atoms with van der Waals surface area (Å²) in [7, 11) is 0. The van der Waals surface area contributed by atoms with E-state index in [4.69, 9.17) is 0 Å². The van der Waals surface area contributed by atoms with Crippen LogP contribution in [0.1, 0.15) is 16.2 Å². The summed E-state index contributed by atoms with van der Waals surface area (Å²) in [6.07, 6.45) is 5.30. The largest absolute Gasteiger partial charge is 0.332 e. The second kappa shape index (κ2) is 4.53. The number of carbonyl (C=O) groups is 1. The normalized spacial score (nSPS) is 14.4. The van der Waals surface area contributed by atoms with Gasteiger partial charge < -0.3 is 9.47 Å². The molecule has 0 aromatic carbocycles. The average molecular weight is 307 g/mol. The Hall–Kier alpha value is -1.69. The summed E-state index contributed by atoms with van der Waals surface area (Å²) in [6.45, 7) is 2.06. The Kier molecular flexibility index (Phi) is 2.87. The van der Waals surface area contributed by atoms with E-state index in [0.717, 1.165) is 17.0 Å². The Morgan fingerprint density at radius 1 is 1.28 bits per heavy atom. The van der Waals surface area contributed by atoms with Gasteiger partial charge in [0.25, 0.3) is 5.91 Å². The van der Waals surface area contributed by atoms with E-state index in [1.165, 1.54) is 0 Å². The zero-order valence-electron chi connectivity index (χ0n) is 9.58. The molecule has 5 nitrogen and oxygen atoms in total. The molecule has 0 atom stereocenters. The van der Waals surface area contributed by atoms with E-state index in [-0.39, 0.29) is 5.91 Å². The lowest BCUT2D eigenvalue weighted by Crippen LogP contribution is -2.38. The van der Waals surface area contributed by atoms with E-state index in [1.807, 2.05) is 6.20 Å². The molecule has 0 N–H and O–H groups in total. The first-order valence-corrected chi connectivity index (χ1v) is 6.44. The Labute approximate surface area is 113 Å². The number of hydrogen-bond acceptors (Lipinski definition) is 3. The molecule has 1 amide bonds. The molecule has 0 fully saturated rings. The molecule has 0 bridgehead atoms. The van der Waals surface area contributed by atoms with Gasteiger partial charge in [0.05, 0.1) is 12.1 Å². The minimum absolute atomic E-state index is 0.00394. The molecular weight excluding hydrogens is 296 g/mol. The van der Waals surface area contributed by atoms with Gasteiger partial charge in [0.1, 0.15) is 10.4 Å². The van der Waals surface area contributed by atoms with E-state index in [2.05, 4.69) is 30.5 Å². The zero-order chi connectivity index (χ0) is 12.5. The predicted molar refractivity (Wildman–Crippen MR) is 68.9 cm³/mol. The lowest BCUT2D eigenvalue weighted by atomic mass is 10.2. The number of halogens is 1. The van der Waals surface area contributed by atoms with Gasteiger partial charge in [-0.05, 0) is 28.1 Å². The first-order chi connectivity index (χ1) is 8.74. The van der Waals surface area contributed by atoms with Crippen molar-refractivity contribution in [1.29, 1.82) is 0 Å². The van der Waals surface area contributed by atoms with Gasteiger partial charge in [-0.3, -0.25) is 4.79 Å². The number of nitrogens with zero attached hydrogens (tertiary/aromatic N) is 4. The molecule has 6 heteroatoms. The third-order valence-electron chi connectivity index (χ3n) is 3.01. The standard InChI is InChI=1S/C12H11BrN4O/c13-10-2-1-9(7-15-10)12(18)17-6-5-16-4-3-14-11(16)8-17/h1-4,7H,5-6,8H2. The van der Waals surface area contributed by atoms with Crippen molar-refractivity contribution < 1.29 is 4.79 Å². The van der Waals surface area contributed by atoms with Crippen LogP contribution in [-0.4, -0.2) is 31.9 Å². The molecule has 0 unspecified atom stereocenters. The third kappa shape index (κ3) is 2.03. The predicted octanol–water partition coefficient (Wildman–Crippen LogP) is 1.70. The highest BCUT2D eigenvalue weighted by Gasteiger charge is 2.22. The lowest BCUT2D eigenvalue weighted by molar-refractivity contribution is 0.0707. The summed E-state index contributed by atoms with van der Waals surface area (Å²) in [5.74, 6) is 0.934. The number of rotatable bonds is 1. The molecule has 92 valence electrons. The van der Waals surface area contributed by atoms with Gasteiger partial charge in [-0.2, -0.15) is 0 Å². The Bertz CT molecular complexity index is 578. The average Bonchev–Trinajstić information content (AvgIpc) is 2.86. The number of pyridine rings is 1. The smallest absolute Gasteiger partial charge is 0.255 e. The van der Waals surface area contributed by atoms with Crippen LogP contribution in [-0.2, 0) is 13.1 Å². The third-order valence-corrected chi connectivity index (χ3v) is 3.48. The maximum atomic E-state index is 12.3. The monoisotopic (exact) mass is 306 g/mol. The van der Waals surface area contributed by atoms with E-state index >= 15 is 0 Å². The summed E-state index contributed by atoms with van der Waals surface area (Å²) in [4.78, 5) is 22.4. The molecule has 3 heterocycles. The highest BCUT2D eigenvalue weighted by molar-refractivity contribution is 9.10. The topological polar surface area (TPSA) is 51.0 Å². The van der Waals surface area contributed by atoms with Crippen molar-refractivity contribution in [2.45, 2.75) is 13.1 Å². The second-order valence-corrected chi connectivity index (χ2v) is 4.95. The molecule has 0 saturated heterocycles. The highest BCUT2D eigenvalue weighted by atomic mass is 79.9. The van der Waals surface area contributed by atoms with Crippen LogP contribution in [0.25, 0.3) is 0 Å². The van der Waals surface area contributed by atoms with E-state index < -0.39 is 0 Å². The fourth-order valence-electron chi connectivity index (χ4n) is 2.03. The van der Waals surface area contributed by atoms with Crippen LogP contribution in [0.5, 0.6) is 0 Å². The van der Waals surface area contributed by atoms with Crippen molar-refractivity contribution >= 4 is 21.8 Å². The number of amides is 1. The van der Waals surface area contributed by atoms with Crippen LogP contribution < -0.4 is 0 Å². The summed E-state index contributed by atoms with van der Waals surface area (Å²) in [5.41, 5.74) is 0.609. The fraction of sp³-hybridized carbons (Fsp3) is 0.250. The van der Waals surface area contributed by atoms with Crippen molar-refractivity contribution in [2.24, 2.45) is 0 Å². The maximum Gasteiger partial charge on any atom is 0.255 e. The Morgan fingerprint density at radius 2 is 2.17 bits per heavy atom. The first-order valence-electron chi connectivity index (χ1n) is 5.65. The first kappa shape index (κ1) is 11.4. The lowest BCUT2D eigenvalue weighted by Gasteiger charge is -2.27. The fourth-order valence-corrected chi connectivity index (χ4v) is 2.27. The maximum absolute atomic E-state index is 12.3. The molecule has 0 spiro atoms. The van der Waals surface area contributed by atoms with Crippen molar-refractivity contribution in [3.63, 3.8) is 0 Å². The summed E-state index contributed by atoms with van der Waals surface area (Å²) in [5, 5.41) is 0. The zero-order valence-corrected chi connectivity index (χ0v) is 11.2. The van der Waals surface area contributed by atoms with Gasteiger partial charge in [-0.1, -0.05) is 0 Å². The molecule has 0 aliphatic carbocycles. The van der Waals surface area contributed by atoms with Crippen molar-refractivity contribution in [3.05, 3.63) is 46.7 Å². The molecule has 0 radical (unpaired) electrons. The molecule has 18 heavy (non-hydrogen) atoms. The van der Waals surface area contributed by atoms with Crippen LogP contribution in [0.3, 0.4) is 0 Å². The number of hydrogen-bond donors (Lipinski definition) is 0. The van der Waals surface area contributed by atoms with Crippen molar-refractivity contribution in [3.8, 4) is 0 Å². The van der Waals surface area contributed by atoms with E-state index in [1.54, 1.807) is 29.4 Å². The molecule has 3 rings (SSSR count). The van der Waals surface area contributed by atoms with Gasteiger partial charge in [0.2, 0.25) is 0 Å². The quantitative estimate of drug-likeness (QED) is 0.754. The van der Waals surface area contributed by atoms with E-state index in [0.29, 0.717) is 18.7 Å². The van der Waals surface area contributed by atoms with Gasteiger partial charge in [0.15, 0.2) is 0 Å². The van der Waals surface area contributed by atoms with Crippen LogP contribution >= 0.6 is 15.9 Å². The molecule has 1 aliphatic heterocycles. The SMILES string of the molecule is O=C(c1ccc(Br)nc1)N1CCn2ccnc2C1. The van der Waals surface area contributed by atoms with Gasteiger partial charge in [-0.25, -0.2) is 9.97 Å². The van der Waals surface area contributed by atoms with Gasteiger partial charge >= 0.3 is 0 Å². The summed E-state index contributed by atoms with van der Waals surface area (Å²) in [6, 6.07) is 3.55. The minimum Gasteiger partial charge on any atom is -0.332 e. The molecule has 0 saturated carbocycles. The van der Waals surface area contributed by atoms with Crippen LogP contribution in [0.15, 0.2) is 35.3 Å². The molecule has 1 aliphatic rings. The van der Waals surface area contributed by atoms with Crippen LogP contribution in [0.4, 0.5) is 0 Å². The van der Waals surface area contributed by atoms with Crippen molar-refractivity contribution in [2.75, 3.05) is 6.54 Å². The Morgan fingerprint density at radius 3 is 2.94 bits per heavy atom. The number of carbonyl (C=O) groups excluding carboxylic acids is 1. The molecule has 2 aromatic heterocycles. The van der Waals surface area contributed by atoms with Crippen LogP contribution in [0.2, 0.25) is 0 Å². The number of fused-ring (bicyclic) bond motifs is 1. The summed E-state index contributed by atoms with van der Waals surface area (Å²) >= 11 is 3.26. The minimum atomic E-state index is 0.00394. The van der Waals surface area contributed by atoms with Gasteiger partial charge in [-0.15, -0.1) is 0 Å². The van der Waals surface area contributed by atoms with E-state index in [9.17, 15) is 4.79 Å².